The molecule has 2 aromatic heterocycles. The van der Waals surface area contributed by atoms with E-state index in [0.29, 0.717) is 26.3 Å². The molecular weight excluding hydrogens is 548 g/mol. The third-order valence-corrected chi connectivity index (χ3v) is 7.45. The zero-order valence-corrected chi connectivity index (χ0v) is 24.7. The lowest BCUT2D eigenvalue weighted by atomic mass is 10.1. The maximum Gasteiger partial charge on any atom is 0.171 e. The molecule has 0 aliphatic carbocycles. The Kier molecular flexibility index (Phi) is 9.69. The molecule has 0 unspecified atom stereocenters. The molecule has 44 heavy (non-hydrogen) atoms. The molecule has 0 atom stereocenters. The summed E-state index contributed by atoms with van der Waals surface area (Å²) >= 11 is 0. The topological polar surface area (TPSA) is 79.9 Å². The zero-order valence-electron chi connectivity index (χ0n) is 24.7. The second-order valence-corrected chi connectivity index (χ2v) is 10.6. The van der Waals surface area contributed by atoms with E-state index in [1.165, 1.54) is 11.1 Å². The number of hydrogen-bond donors (Lipinski definition) is 0. The van der Waals surface area contributed by atoms with Gasteiger partial charge < -0.3 is 18.6 Å². The highest BCUT2D eigenvalue weighted by molar-refractivity contribution is 5.23. The number of aromatic nitrogens is 6. The van der Waals surface area contributed by atoms with Crippen LogP contribution in [0.4, 0.5) is 0 Å². The van der Waals surface area contributed by atoms with Crippen LogP contribution in [0.3, 0.4) is 0 Å². The molecule has 8 heteroatoms. The van der Waals surface area contributed by atoms with Gasteiger partial charge in [0.1, 0.15) is 36.4 Å². The smallest absolute Gasteiger partial charge is 0.171 e. The van der Waals surface area contributed by atoms with Gasteiger partial charge in [0.15, 0.2) is 11.6 Å². The number of nitrogens with zero attached hydrogens (tertiary/aromatic N) is 6. The minimum absolute atomic E-state index is 0.361. The molecule has 2 heterocycles. The van der Waals surface area contributed by atoms with Gasteiger partial charge in [-0.05, 0) is 48.2 Å². The maximum absolute atomic E-state index is 6.03. The monoisotopic (exact) mass is 584 g/mol. The summed E-state index contributed by atoms with van der Waals surface area (Å²) < 4.78 is 16.4. The summed E-state index contributed by atoms with van der Waals surface area (Å²) in [6.07, 6.45) is 3.50. The van der Waals surface area contributed by atoms with Crippen molar-refractivity contribution in [1.29, 1.82) is 0 Å². The first-order valence-electron chi connectivity index (χ1n) is 15.1. The third-order valence-electron chi connectivity index (χ3n) is 7.45. The average Bonchev–Trinajstić information content (AvgIpc) is 3.65. The maximum atomic E-state index is 6.03. The highest BCUT2D eigenvalue weighted by Gasteiger charge is 2.16. The number of para-hydroxylation sites is 2. The minimum Gasteiger partial charge on any atom is -0.486 e. The van der Waals surface area contributed by atoms with Gasteiger partial charge >= 0.3 is 0 Å². The van der Waals surface area contributed by atoms with Gasteiger partial charge in [-0.3, -0.25) is 0 Å². The minimum atomic E-state index is 0.361. The second-order valence-electron chi connectivity index (χ2n) is 10.6. The van der Waals surface area contributed by atoms with Crippen LogP contribution in [0, 0.1) is 0 Å². The summed E-state index contributed by atoms with van der Waals surface area (Å²) in [7, 11) is 0. The van der Waals surface area contributed by atoms with E-state index in [-0.39, 0.29) is 0 Å². The predicted molar refractivity (Wildman–Crippen MR) is 169 cm³/mol. The molecule has 0 spiro atoms. The van der Waals surface area contributed by atoms with Gasteiger partial charge in [0.05, 0.1) is 13.1 Å². The number of aryl methyl sites for hydroxylation is 2. The van der Waals surface area contributed by atoms with Crippen molar-refractivity contribution in [2.75, 3.05) is 0 Å². The van der Waals surface area contributed by atoms with E-state index < -0.39 is 0 Å². The quantitative estimate of drug-likeness (QED) is 0.125. The Morgan fingerprint density at radius 1 is 0.409 bits per heavy atom. The Morgan fingerprint density at radius 3 is 1.14 bits per heavy atom. The molecule has 0 aliphatic rings. The number of benzene rings is 4. The second kappa shape index (κ2) is 14.8. The summed E-state index contributed by atoms with van der Waals surface area (Å²) in [6, 6.07) is 40.5. The van der Waals surface area contributed by atoms with E-state index in [1.54, 1.807) is 0 Å². The van der Waals surface area contributed by atoms with Gasteiger partial charge in [-0.2, -0.15) is 0 Å². The summed E-state index contributed by atoms with van der Waals surface area (Å²) in [5.74, 6) is 5.19. The Morgan fingerprint density at radius 2 is 0.750 bits per heavy atom. The first-order chi connectivity index (χ1) is 21.8. The fourth-order valence-electron chi connectivity index (χ4n) is 5.12. The molecule has 0 radical (unpaired) electrons. The summed E-state index contributed by atoms with van der Waals surface area (Å²) in [6.45, 7) is 2.13. The van der Waals surface area contributed by atoms with Gasteiger partial charge in [0.2, 0.25) is 0 Å². The normalized spacial score (nSPS) is 11.0. The SMILES string of the molecule is c1ccc(Cn2c(CCCCc3nnc(COc4ccccc4)n3Cc3ccccc3)nnc2COc2ccccc2)cc1. The molecule has 0 aliphatic heterocycles. The highest BCUT2D eigenvalue weighted by Crippen LogP contribution is 2.17. The molecule has 0 amide bonds. The zero-order chi connectivity index (χ0) is 29.8. The van der Waals surface area contributed by atoms with Crippen LogP contribution in [0.2, 0.25) is 0 Å². The molecule has 6 rings (SSSR count). The van der Waals surface area contributed by atoms with Crippen molar-refractivity contribution >= 4 is 0 Å². The van der Waals surface area contributed by atoms with Gasteiger partial charge in [0, 0.05) is 12.8 Å². The Hall–Kier alpha value is -5.24. The van der Waals surface area contributed by atoms with E-state index in [4.69, 9.17) is 9.47 Å². The third kappa shape index (κ3) is 7.77. The molecular formula is C36H36N6O2. The van der Waals surface area contributed by atoms with Gasteiger partial charge in [-0.25, -0.2) is 0 Å². The molecule has 6 aromatic rings. The van der Waals surface area contributed by atoms with E-state index >= 15 is 0 Å². The highest BCUT2D eigenvalue weighted by atomic mass is 16.5. The van der Waals surface area contributed by atoms with E-state index in [2.05, 4.69) is 78.1 Å². The number of hydrogen-bond acceptors (Lipinski definition) is 6. The van der Waals surface area contributed by atoms with Crippen LogP contribution in [0.25, 0.3) is 0 Å². The number of ether oxygens (including phenoxy) is 2. The Labute approximate surface area is 258 Å². The van der Waals surface area contributed by atoms with Gasteiger partial charge in [-0.1, -0.05) is 97.1 Å². The van der Waals surface area contributed by atoms with Crippen LogP contribution in [0.1, 0.15) is 47.3 Å². The molecule has 0 bridgehead atoms. The fraction of sp³-hybridized carbons (Fsp3) is 0.222. The fourth-order valence-corrected chi connectivity index (χ4v) is 5.12. The van der Waals surface area contributed by atoms with Crippen molar-refractivity contribution in [3.05, 3.63) is 156 Å². The molecule has 222 valence electrons. The lowest BCUT2D eigenvalue weighted by Crippen LogP contribution is -2.12. The van der Waals surface area contributed by atoms with Crippen LogP contribution < -0.4 is 9.47 Å². The van der Waals surface area contributed by atoms with Crippen LogP contribution in [0.15, 0.2) is 121 Å². The van der Waals surface area contributed by atoms with E-state index in [0.717, 1.165) is 60.5 Å². The lowest BCUT2D eigenvalue weighted by Gasteiger charge is -2.13. The van der Waals surface area contributed by atoms with Crippen LogP contribution in [-0.4, -0.2) is 29.5 Å². The summed E-state index contributed by atoms with van der Waals surface area (Å²) in [5, 5.41) is 18.2. The molecule has 0 N–H and O–H groups in total. The standard InChI is InChI=1S/C36H36N6O2/c1-5-15-29(16-6-1)25-41-33(37-39-35(41)27-43-31-19-9-3-10-20-31)23-13-14-24-34-38-40-36(28-44-32-21-11-4-12-22-32)42(34)26-30-17-7-2-8-18-30/h1-12,15-22H,13-14,23-28H2. The number of unbranched alkanes of at least 4 members (excludes halogenated alkanes) is 1. The first kappa shape index (κ1) is 28.9. The van der Waals surface area contributed by atoms with Gasteiger partial charge in [-0.15, -0.1) is 20.4 Å². The summed E-state index contributed by atoms with van der Waals surface area (Å²) in [5.41, 5.74) is 2.41. The van der Waals surface area contributed by atoms with Crippen molar-refractivity contribution in [3.8, 4) is 11.5 Å². The molecule has 0 saturated carbocycles. The largest absolute Gasteiger partial charge is 0.486 e. The van der Waals surface area contributed by atoms with Crippen LogP contribution in [0.5, 0.6) is 11.5 Å². The number of rotatable bonds is 15. The average molecular weight is 585 g/mol. The molecule has 0 saturated heterocycles. The molecule has 4 aromatic carbocycles. The van der Waals surface area contributed by atoms with Crippen molar-refractivity contribution in [1.82, 2.24) is 29.5 Å². The van der Waals surface area contributed by atoms with E-state index in [9.17, 15) is 0 Å². The van der Waals surface area contributed by atoms with Crippen LogP contribution >= 0.6 is 0 Å². The Balaban J connectivity index is 1.12. The lowest BCUT2D eigenvalue weighted by molar-refractivity contribution is 0.289. The molecule has 0 fully saturated rings. The predicted octanol–water partition coefficient (Wildman–Crippen LogP) is 6.69. The summed E-state index contributed by atoms with van der Waals surface area (Å²) in [4.78, 5) is 0. The van der Waals surface area contributed by atoms with Crippen molar-refractivity contribution in [2.45, 2.75) is 52.0 Å². The van der Waals surface area contributed by atoms with Gasteiger partial charge in [0.25, 0.3) is 0 Å². The first-order valence-corrected chi connectivity index (χ1v) is 15.1. The van der Waals surface area contributed by atoms with Crippen LogP contribution in [-0.2, 0) is 39.1 Å². The van der Waals surface area contributed by atoms with Crippen molar-refractivity contribution in [3.63, 3.8) is 0 Å². The van der Waals surface area contributed by atoms with Crippen molar-refractivity contribution in [2.24, 2.45) is 0 Å². The van der Waals surface area contributed by atoms with E-state index in [1.807, 2.05) is 72.8 Å². The molecule has 8 nitrogen and oxygen atoms in total. The Bertz CT molecular complexity index is 1570. The van der Waals surface area contributed by atoms with Crippen molar-refractivity contribution < 1.29 is 9.47 Å².